The van der Waals surface area contributed by atoms with Gasteiger partial charge in [-0.3, -0.25) is 9.59 Å². The second kappa shape index (κ2) is 6.73. The van der Waals surface area contributed by atoms with Crippen LogP contribution in [0.5, 0.6) is 11.5 Å². The largest absolute Gasteiger partial charge is 0.508 e. The van der Waals surface area contributed by atoms with Crippen LogP contribution in [0.3, 0.4) is 0 Å². The molecule has 1 N–H and O–H groups in total. The van der Waals surface area contributed by atoms with Crippen LogP contribution in [0.2, 0.25) is 0 Å². The van der Waals surface area contributed by atoms with Crippen LogP contribution in [0.15, 0.2) is 12.1 Å². The van der Waals surface area contributed by atoms with Crippen molar-refractivity contribution in [3.05, 3.63) is 23.3 Å². The molecule has 1 aromatic carbocycles. The van der Waals surface area contributed by atoms with Gasteiger partial charge in [0, 0.05) is 41.8 Å². The lowest BCUT2D eigenvalue weighted by Gasteiger charge is -2.63. The lowest BCUT2D eigenvalue weighted by atomic mass is 9.45. The summed E-state index contributed by atoms with van der Waals surface area (Å²) >= 11 is 0. The minimum absolute atomic E-state index is 0.0496. The van der Waals surface area contributed by atoms with Crippen LogP contribution in [0.4, 0.5) is 0 Å². The maximum Gasteiger partial charge on any atom is 0.254 e. The minimum Gasteiger partial charge on any atom is -0.508 e. The number of amides is 1. The Morgan fingerprint density at radius 1 is 1.20 bits per heavy atom. The van der Waals surface area contributed by atoms with E-state index >= 15 is 0 Å². The molecule has 2 aliphatic carbocycles. The highest BCUT2D eigenvalue weighted by molar-refractivity contribution is 5.99. The van der Waals surface area contributed by atoms with Gasteiger partial charge in [0.15, 0.2) is 0 Å². The van der Waals surface area contributed by atoms with Gasteiger partial charge >= 0.3 is 0 Å². The van der Waals surface area contributed by atoms with Crippen LogP contribution in [0.1, 0.15) is 82.6 Å². The standard InChI is InChI=1S/C25H35NO4/c1-7-24(5)15(2)8-9-20-23(3,4)21(28)10-11-25(20,24)30-19-13-16(27)12-17-18(19)14-26(6)22(17)29/h12-13,15,20,27H,7-11,14H2,1-6H3. The number of aromatic hydroxyl groups is 1. The van der Waals surface area contributed by atoms with E-state index in [-0.39, 0.29) is 23.0 Å². The Kier molecular flexibility index (Phi) is 4.76. The molecule has 4 rings (SSSR count). The molecule has 1 aliphatic heterocycles. The number of nitrogens with zero attached hydrogens (tertiary/aromatic N) is 1. The lowest BCUT2D eigenvalue weighted by molar-refractivity contribution is -0.202. The molecule has 2 fully saturated rings. The Morgan fingerprint density at radius 2 is 1.90 bits per heavy atom. The van der Waals surface area contributed by atoms with Gasteiger partial charge in [0.25, 0.3) is 5.91 Å². The van der Waals surface area contributed by atoms with E-state index in [0.29, 0.717) is 42.4 Å². The molecular weight excluding hydrogens is 378 g/mol. The van der Waals surface area contributed by atoms with Gasteiger partial charge in [0.05, 0.1) is 12.1 Å². The highest BCUT2D eigenvalue weighted by Crippen LogP contribution is 2.63. The van der Waals surface area contributed by atoms with Crippen LogP contribution in [-0.2, 0) is 11.3 Å². The molecule has 0 saturated heterocycles. The molecule has 0 radical (unpaired) electrons. The number of phenolic OH excluding ortho intramolecular Hbond substituents is 1. The van der Waals surface area contributed by atoms with Gasteiger partial charge in [-0.25, -0.2) is 0 Å². The van der Waals surface area contributed by atoms with E-state index in [9.17, 15) is 14.7 Å². The van der Waals surface area contributed by atoms with Crippen molar-refractivity contribution in [2.45, 2.75) is 78.9 Å². The van der Waals surface area contributed by atoms with Crippen molar-refractivity contribution < 1.29 is 19.4 Å². The SMILES string of the molecule is CCC1(C)C(C)CCC2C(C)(C)C(=O)CCC21Oc1cc(O)cc2c1CN(C)C2=O. The number of fused-ring (bicyclic) bond motifs is 2. The fraction of sp³-hybridized carbons (Fsp3) is 0.680. The van der Waals surface area contributed by atoms with Gasteiger partial charge in [0.2, 0.25) is 0 Å². The number of ether oxygens (including phenoxy) is 1. The number of rotatable bonds is 3. The molecule has 0 spiro atoms. The first-order valence-electron chi connectivity index (χ1n) is 11.3. The first-order valence-corrected chi connectivity index (χ1v) is 11.3. The molecule has 3 aliphatic rings. The summed E-state index contributed by atoms with van der Waals surface area (Å²) in [5.41, 5.74) is 0.290. The molecule has 4 atom stereocenters. The molecule has 1 heterocycles. The molecule has 164 valence electrons. The number of carbonyl (C=O) groups excluding carboxylic acids is 2. The second-order valence-corrected chi connectivity index (χ2v) is 10.6. The normalized spacial score (nSPS) is 35.2. The van der Waals surface area contributed by atoms with E-state index in [2.05, 4.69) is 34.6 Å². The van der Waals surface area contributed by atoms with Crippen LogP contribution in [0.25, 0.3) is 0 Å². The second-order valence-electron chi connectivity index (χ2n) is 10.6. The molecule has 1 aromatic rings. The summed E-state index contributed by atoms with van der Waals surface area (Å²) < 4.78 is 7.04. The highest BCUT2D eigenvalue weighted by Gasteiger charge is 2.65. The molecule has 5 nitrogen and oxygen atoms in total. The van der Waals surface area contributed by atoms with Gasteiger partial charge in [0.1, 0.15) is 22.9 Å². The maximum absolute atomic E-state index is 12.9. The van der Waals surface area contributed by atoms with E-state index < -0.39 is 11.0 Å². The fourth-order valence-electron chi connectivity index (χ4n) is 6.68. The molecule has 1 amide bonds. The van der Waals surface area contributed by atoms with Gasteiger partial charge in [-0.2, -0.15) is 0 Å². The molecular formula is C25H35NO4. The summed E-state index contributed by atoms with van der Waals surface area (Å²) in [6, 6.07) is 3.20. The number of ketones is 1. The van der Waals surface area contributed by atoms with Crippen LogP contribution in [-0.4, -0.2) is 34.3 Å². The van der Waals surface area contributed by atoms with E-state index in [1.54, 1.807) is 24.1 Å². The Balaban J connectivity index is 1.89. The average Bonchev–Trinajstić information content (AvgIpc) is 2.97. The molecule has 0 aromatic heterocycles. The highest BCUT2D eigenvalue weighted by atomic mass is 16.5. The topological polar surface area (TPSA) is 66.8 Å². The zero-order chi connectivity index (χ0) is 22.1. The quantitative estimate of drug-likeness (QED) is 0.762. The number of Topliss-reactive ketones (excluding diaryl/α,β-unsaturated/α-hetero) is 1. The number of carbonyl (C=O) groups is 2. The number of hydrogen-bond donors (Lipinski definition) is 1. The van der Waals surface area contributed by atoms with Gasteiger partial charge in [-0.1, -0.05) is 34.6 Å². The summed E-state index contributed by atoms with van der Waals surface area (Å²) in [4.78, 5) is 27.2. The van der Waals surface area contributed by atoms with Gasteiger partial charge in [-0.05, 0) is 37.7 Å². The Labute approximate surface area is 179 Å². The van der Waals surface area contributed by atoms with Gasteiger partial charge < -0.3 is 14.7 Å². The number of phenols is 1. The maximum atomic E-state index is 12.9. The third-order valence-corrected chi connectivity index (χ3v) is 9.01. The zero-order valence-corrected chi connectivity index (χ0v) is 19.2. The number of benzene rings is 1. The first kappa shape index (κ1) is 21.2. The number of hydrogen-bond acceptors (Lipinski definition) is 4. The van der Waals surface area contributed by atoms with E-state index in [1.165, 1.54) is 0 Å². The van der Waals surface area contributed by atoms with Gasteiger partial charge in [-0.15, -0.1) is 0 Å². The van der Waals surface area contributed by atoms with Crippen molar-refractivity contribution in [2.24, 2.45) is 22.7 Å². The molecule has 4 unspecified atom stereocenters. The van der Waals surface area contributed by atoms with E-state index in [1.807, 2.05) is 0 Å². The van der Waals surface area contributed by atoms with Crippen molar-refractivity contribution in [1.29, 1.82) is 0 Å². The van der Waals surface area contributed by atoms with Crippen molar-refractivity contribution in [2.75, 3.05) is 7.05 Å². The third kappa shape index (κ3) is 2.66. The molecule has 5 heteroatoms. The summed E-state index contributed by atoms with van der Waals surface area (Å²) in [6.45, 7) is 11.5. The molecule has 0 bridgehead atoms. The summed E-state index contributed by atoms with van der Waals surface area (Å²) in [5, 5.41) is 10.4. The van der Waals surface area contributed by atoms with Crippen molar-refractivity contribution in [3.8, 4) is 11.5 Å². The summed E-state index contributed by atoms with van der Waals surface area (Å²) in [5.74, 6) is 1.43. The van der Waals surface area contributed by atoms with E-state index in [0.717, 1.165) is 24.8 Å². The monoisotopic (exact) mass is 413 g/mol. The van der Waals surface area contributed by atoms with Crippen LogP contribution < -0.4 is 4.74 Å². The predicted octanol–water partition coefficient (Wildman–Crippen LogP) is 4.95. The fourth-order valence-corrected chi connectivity index (χ4v) is 6.68. The molecule has 2 saturated carbocycles. The Hall–Kier alpha value is -2.04. The zero-order valence-electron chi connectivity index (χ0n) is 19.2. The van der Waals surface area contributed by atoms with Crippen LogP contribution in [0, 0.1) is 22.7 Å². The summed E-state index contributed by atoms with van der Waals surface area (Å²) in [7, 11) is 1.77. The Bertz CT molecular complexity index is 907. The van der Waals surface area contributed by atoms with E-state index in [4.69, 9.17) is 4.74 Å². The Morgan fingerprint density at radius 3 is 2.57 bits per heavy atom. The molecule has 30 heavy (non-hydrogen) atoms. The van der Waals surface area contributed by atoms with Crippen LogP contribution >= 0.6 is 0 Å². The first-order chi connectivity index (χ1) is 14.0. The average molecular weight is 414 g/mol. The smallest absolute Gasteiger partial charge is 0.254 e. The predicted molar refractivity (Wildman–Crippen MR) is 116 cm³/mol. The minimum atomic E-state index is -0.511. The van der Waals surface area contributed by atoms with Crippen molar-refractivity contribution >= 4 is 11.7 Å². The van der Waals surface area contributed by atoms with Crippen molar-refractivity contribution in [1.82, 2.24) is 4.90 Å². The summed E-state index contributed by atoms with van der Waals surface area (Å²) in [6.07, 6.45) is 4.18. The third-order valence-electron chi connectivity index (χ3n) is 9.01. The van der Waals surface area contributed by atoms with Crippen molar-refractivity contribution in [3.63, 3.8) is 0 Å². The lowest BCUT2D eigenvalue weighted by Crippen LogP contribution is -2.67.